The maximum Gasteiger partial charge on any atom is 0.509 e. The Labute approximate surface area is 110 Å². The Balaban J connectivity index is 3.30. The molecule has 7 heteroatoms. The molecule has 0 bridgehead atoms. The van der Waals surface area contributed by atoms with E-state index in [0.29, 0.717) is 0 Å². The second-order valence-corrected chi connectivity index (χ2v) is 5.36. The molecule has 1 aromatic rings. The van der Waals surface area contributed by atoms with Crippen LogP contribution in [0.1, 0.15) is 36.7 Å². The van der Waals surface area contributed by atoms with Crippen LogP contribution in [0.15, 0.2) is 12.1 Å². The molecule has 0 saturated heterocycles. The van der Waals surface area contributed by atoms with Crippen molar-refractivity contribution in [1.82, 2.24) is 0 Å². The Bertz CT molecular complexity index is 507. The highest BCUT2D eigenvalue weighted by atomic mass is 19.4. The Morgan fingerprint density at radius 2 is 1.79 bits per heavy atom. The normalized spacial score (nSPS) is 12.4. The molecule has 0 aliphatic carbocycles. The summed E-state index contributed by atoms with van der Waals surface area (Å²) in [7, 11) is 0. The van der Waals surface area contributed by atoms with E-state index in [1.54, 1.807) is 20.8 Å². The molecule has 0 unspecified atom stereocenters. The van der Waals surface area contributed by atoms with E-state index >= 15 is 0 Å². The monoisotopic (exact) mass is 274 g/mol. The zero-order valence-electron chi connectivity index (χ0n) is 11.3. The van der Waals surface area contributed by atoms with Gasteiger partial charge in [0, 0.05) is 5.69 Å². The average Bonchev–Trinajstić information content (AvgIpc) is 2.16. The average molecular weight is 274 g/mol. The highest BCUT2D eigenvalue weighted by molar-refractivity contribution is 6.74. The molecule has 2 N–H and O–H groups in total. The summed E-state index contributed by atoms with van der Waals surface area (Å²) >= 11 is 0. The predicted molar refractivity (Wildman–Crippen MR) is 69.5 cm³/mol. The van der Waals surface area contributed by atoms with E-state index in [-0.39, 0.29) is 16.8 Å². The van der Waals surface area contributed by atoms with Gasteiger partial charge in [-0.3, -0.25) is 0 Å². The minimum Gasteiger partial charge on any atom is -0.456 e. The van der Waals surface area contributed by atoms with Gasteiger partial charge in [-0.25, -0.2) is 4.79 Å². The Morgan fingerprint density at radius 3 is 2.21 bits per heavy atom. The van der Waals surface area contributed by atoms with Gasteiger partial charge in [-0.2, -0.15) is 0 Å². The second kappa shape index (κ2) is 4.79. The number of carbonyl (C=O) groups is 1. The van der Waals surface area contributed by atoms with Crippen molar-refractivity contribution in [2.75, 3.05) is 5.73 Å². The van der Waals surface area contributed by atoms with Gasteiger partial charge in [0.15, 0.2) is 0 Å². The minimum atomic E-state index is -5.22. The maximum atomic E-state index is 12.9. The standard InChI is InChI=1S/C12H16BF3NO2/c1-7-9(11(18)19-12(2,3)4)5-8(17)6-10(7)13(14,15)16/h5-6H,17H2,1-4H3/q-1. The molecule has 0 aliphatic heterocycles. The smallest absolute Gasteiger partial charge is 0.456 e. The number of ether oxygens (including phenoxy) is 1. The summed E-state index contributed by atoms with van der Waals surface area (Å²) in [5, 5.41) is 0. The van der Waals surface area contributed by atoms with E-state index in [1.165, 1.54) is 13.0 Å². The second-order valence-electron chi connectivity index (χ2n) is 5.36. The molecular formula is C12H16BF3NO2-. The van der Waals surface area contributed by atoms with E-state index in [0.717, 1.165) is 6.07 Å². The fraction of sp³-hybridized carbons (Fsp3) is 0.417. The number of esters is 1. The molecule has 3 nitrogen and oxygen atoms in total. The molecular weight excluding hydrogens is 258 g/mol. The summed E-state index contributed by atoms with van der Waals surface area (Å²) in [5.74, 6) is -0.807. The van der Waals surface area contributed by atoms with Crippen LogP contribution in [-0.4, -0.2) is 18.5 Å². The number of hydrogen-bond donors (Lipinski definition) is 1. The number of nitrogens with two attached hydrogens (primary N) is 1. The van der Waals surface area contributed by atoms with Crippen LogP contribution in [-0.2, 0) is 4.74 Å². The predicted octanol–water partition coefficient (Wildman–Crippen LogP) is 2.59. The lowest BCUT2D eigenvalue weighted by atomic mass is 9.75. The molecule has 19 heavy (non-hydrogen) atoms. The van der Waals surface area contributed by atoms with Crippen molar-refractivity contribution in [3.63, 3.8) is 0 Å². The van der Waals surface area contributed by atoms with Gasteiger partial charge in [-0.15, -0.1) is 5.46 Å². The van der Waals surface area contributed by atoms with E-state index < -0.39 is 24.0 Å². The summed E-state index contributed by atoms with van der Waals surface area (Å²) in [6, 6.07) is 2.04. The number of anilines is 1. The number of rotatable bonds is 2. The van der Waals surface area contributed by atoms with Crippen molar-refractivity contribution in [3.8, 4) is 0 Å². The van der Waals surface area contributed by atoms with Crippen molar-refractivity contribution in [2.24, 2.45) is 0 Å². The molecule has 1 aromatic carbocycles. The van der Waals surface area contributed by atoms with Crippen molar-refractivity contribution >= 4 is 24.1 Å². The zero-order valence-corrected chi connectivity index (χ0v) is 11.3. The lowest BCUT2D eigenvalue weighted by molar-refractivity contribution is 0.00689. The van der Waals surface area contributed by atoms with Gasteiger partial charge in [-0.05, 0) is 33.8 Å². The lowest BCUT2D eigenvalue weighted by Gasteiger charge is -2.23. The molecule has 0 aliphatic rings. The van der Waals surface area contributed by atoms with Gasteiger partial charge in [0.05, 0.1) is 5.56 Å². The summed E-state index contributed by atoms with van der Waals surface area (Å²) in [5.41, 5.74) is 3.37. The number of hydrogen-bond acceptors (Lipinski definition) is 3. The van der Waals surface area contributed by atoms with Crippen LogP contribution >= 0.6 is 0 Å². The molecule has 0 atom stereocenters. The SMILES string of the molecule is Cc1c(C(=O)OC(C)(C)C)cc(N)cc1[B-](F)(F)F. The molecule has 0 fully saturated rings. The lowest BCUT2D eigenvalue weighted by Crippen LogP contribution is -2.38. The van der Waals surface area contributed by atoms with E-state index in [9.17, 15) is 17.7 Å². The van der Waals surface area contributed by atoms with Gasteiger partial charge >= 0.3 is 12.9 Å². The highest BCUT2D eigenvalue weighted by Gasteiger charge is 2.30. The summed E-state index contributed by atoms with van der Waals surface area (Å²) < 4.78 is 43.7. The van der Waals surface area contributed by atoms with Gasteiger partial charge in [0.1, 0.15) is 5.60 Å². The Kier molecular flexibility index (Phi) is 3.88. The van der Waals surface area contributed by atoms with Crippen LogP contribution in [0.25, 0.3) is 0 Å². The molecule has 0 heterocycles. The molecule has 0 aromatic heterocycles. The first-order chi connectivity index (χ1) is 8.42. The van der Waals surface area contributed by atoms with Crippen LogP contribution in [0.5, 0.6) is 0 Å². The third-order valence-corrected chi connectivity index (χ3v) is 2.44. The number of nitrogen functional groups attached to an aromatic ring is 1. The van der Waals surface area contributed by atoms with Crippen LogP contribution in [0, 0.1) is 6.92 Å². The molecule has 0 radical (unpaired) electrons. The van der Waals surface area contributed by atoms with E-state index in [4.69, 9.17) is 10.5 Å². The molecule has 106 valence electrons. The van der Waals surface area contributed by atoms with Crippen LogP contribution in [0.4, 0.5) is 18.6 Å². The van der Waals surface area contributed by atoms with E-state index in [2.05, 4.69) is 0 Å². The van der Waals surface area contributed by atoms with Crippen molar-refractivity contribution in [3.05, 3.63) is 23.3 Å². The highest BCUT2D eigenvalue weighted by Crippen LogP contribution is 2.21. The Hall–Kier alpha value is -1.66. The molecule has 1 rings (SSSR count). The van der Waals surface area contributed by atoms with Crippen molar-refractivity contribution in [1.29, 1.82) is 0 Å². The molecule has 0 spiro atoms. The van der Waals surface area contributed by atoms with Gasteiger partial charge < -0.3 is 23.4 Å². The van der Waals surface area contributed by atoms with E-state index in [1.807, 2.05) is 0 Å². The fourth-order valence-corrected chi connectivity index (χ4v) is 1.64. The third kappa shape index (κ3) is 3.91. The first kappa shape index (κ1) is 15.4. The molecule has 0 amide bonds. The van der Waals surface area contributed by atoms with Crippen LogP contribution in [0.3, 0.4) is 0 Å². The largest absolute Gasteiger partial charge is 0.509 e. The third-order valence-electron chi connectivity index (χ3n) is 2.44. The number of benzene rings is 1. The summed E-state index contributed by atoms with van der Waals surface area (Å²) in [6.45, 7) is 0.937. The quantitative estimate of drug-likeness (QED) is 0.512. The first-order valence-electron chi connectivity index (χ1n) is 5.75. The van der Waals surface area contributed by atoms with Crippen molar-refractivity contribution in [2.45, 2.75) is 33.3 Å². The van der Waals surface area contributed by atoms with Crippen LogP contribution < -0.4 is 11.2 Å². The van der Waals surface area contributed by atoms with Gasteiger partial charge in [0.2, 0.25) is 0 Å². The number of carbonyl (C=O) groups excluding carboxylic acids is 1. The minimum absolute atomic E-state index is 0.111. The van der Waals surface area contributed by atoms with Crippen molar-refractivity contribution < 1.29 is 22.5 Å². The fourth-order valence-electron chi connectivity index (χ4n) is 1.64. The van der Waals surface area contributed by atoms with Gasteiger partial charge in [0.25, 0.3) is 0 Å². The maximum absolute atomic E-state index is 12.9. The Morgan fingerprint density at radius 1 is 1.26 bits per heavy atom. The first-order valence-corrected chi connectivity index (χ1v) is 5.75. The molecule has 0 saturated carbocycles. The zero-order chi connectivity index (χ0) is 15.0. The summed E-state index contributed by atoms with van der Waals surface area (Å²) in [4.78, 5) is 11.9. The number of halogens is 3. The summed E-state index contributed by atoms with van der Waals surface area (Å²) in [6.07, 6.45) is 0. The topological polar surface area (TPSA) is 52.3 Å². The van der Waals surface area contributed by atoms with Gasteiger partial charge in [-0.1, -0.05) is 11.6 Å². The van der Waals surface area contributed by atoms with Crippen LogP contribution in [0.2, 0.25) is 0 Å².